The van der Waals surface area contributed by atoms with Crippen molar-refractivity contribution in [1.82, 2.24) is 14.8 Å². The average Bonchev–Trinajstić information content (AvgIpc) is 2.79. The molecule has 1 amide bonds. The van der Waals surface area contributed by atoms with E-state index in [0.29, 0.717) is 50.6 Å². The summed E-state index contributed by atoms with van der Waals surface area (Å²) in [5.41, 5.74) is 0.0259. The number of methoxy groups -OCH3 is 1. The molecule has 1 atom stereocenters. The van der Waals surface area contributed by atoms with Crippen LogP contribution in [-0.4, -0.2) is 61.9 Å². The van der Waals surface area contributed by atoms with E-state index in [1.165, 1.54) is 42.1 Å². The highest BCUT2D eigenvalue weighted by atomic mass is 19.4. The molecule has 7 nitrogen and oxygen atoms in total. The van der Waals surface area contributed by atoms with Crippen LogP contribution in [-0.2, 0) is 22.2 Å². The van der Waals surface area contributed by atoms with Gasteiger partial charge in [-0.2, -0.15) is 13.2 Å². The molecule has 1 N–H and O–H groups in total. The van der Waals surface area contributed by atoms with E-state index in [1.54, 1.807) is 0 Å². The molecule has 1 aliphatic rings. The maximum Gasteiger partial charge on any atom is 0.416 e. The minimum atomic E-state index is -4.41. The Morgan fingerprint density at radius 1 is 1.16 bits per heavy atom. The first-order chi connectivity index (χ1) is 15.3. The largest absolute Gasteiger partial charge is 0.416 e. The number of pyridine rings is 1. The Labute approximate surface area is 183 Å². The monoisotopic (exact) mass is 453 g/mol. The van der Waals surface area contributed by atoms with Crippen molar-refractivity contribution in [3.05, 3.63) is 69.6 Å². The van der Waals surface area contributed by atoms with Crippen LogP contribution in [0.4, 0.5) is 13.2 Å². The zero-order valence-corrected chi connectivity index (χ0v) is 17.7. The lowest BCUT2D eigenvalue weighted by Gasteiger charge is -2.35. The number of amides is 1. The van der Waals surface area contributed by atoms with Gasteiger partial charge >= 0.3 is 6.18 Å². The minimum absolute atomic E-state index is 0.196. The standard InChI is InChI=1S/C22H26F3N3O4/c1-31-11-8-28-15-17(4-7-20(28)29)21(30)26-14-19(27-9-12-32-13-10-27)16-2-5-18(6-3-16)22(23,24)25/h2-7,15,19H,8-14H2,1H3,(H,26,30). The first-order valence-corrected chi connectivity index (χ1v) is 10.3. The van der Waals surface area contributed by atoms with Crippen molar-refractivity contribution < 1.29 is 27.4 Å². The van der Waals surface area contributed by atoms with Crippen LogP contribution in [0.3, 0.4) is 0 Å². The third kappa shape index (κ3) is 6.18. The lowest BCUT2D eigenvalue weighted by molar-refractivity contribution is -0.137. The molecule has 1 fully saturated rings. The number of nitrogens with one attached hydrogen (secondary N) is 1. The van der Waals surface area contributed by atoms with E-state index >= 15 is 0 Å². The van der Waals surface area contributed by atoms with Crippen molar-refractivity contribution in [3.8, 4) is 0 Å². The zero-order chi connectivity index (χ0) is 23.1. The number of ether oxygens (including phenoxy) is 2. The van der Waals surface area contributed by atoms with Crippen molar-refractivity contribution in [2.75, 3.05) is 46.6 Å². The maximum absolute atomic E-state index is 12.9. The van der Waals surface area contributed by atoms with E-state index in [-0.39, 0.29) is 24.1 Å². The Bertz CT molecular complexity index is 954. The van der Waals surface area contributed by atoms with Gasteiger partial charge in [-0.3, -0.25) is 14.5 Å². The molecule has 1 unspecified atom stereocenters. The fraction of sp³-hybridized carbons (Fsp3) is 0.455. The average molecular weight is 453 g/mol. The number of carbonyl (C=O) groups excluding carboxylic acids is 1. The number of halogens is 3. The molecule has 2 aromatic rings. The number of aromatic nitrogens is 1. The number of carbonyl (C=O) groups is 1. The summed E-state index contributed by atoms with van der Waals surface area (Å²) in [6.07, 6.45) is -2.94. The van der Waals surface area contributed by atoms with E-state index in [9.17, 15) is 22.8 Å². The molecular formula is C22H26F3N3O4. The predicted octanol–water partition coefficient (Wildman–Crippen LogP) is 2.32. The van der Waals surface area contributed by atoms with Gasteiger partial charge in [-0.05, 0) is 23.8 Å². The van der Waals surface area contributed by atoms with E-state index in [2.05, 4.69) is 10.2 Å². The van der Waals surface area contributed by atoms with Crippen LogP contribution in [0.1, 0.15) is 27.5 Å². The number of nitrogens with zero attached hydrogens (tertiary/aromatic N) is 2. The summed E-state index contributed by atoms with van der Waals surface area (Å²) >= 11 is 0. The quantitative estimate of drug-likeness (QED) is 0.664. The Hall–Kier alpha value is -2.69. The molecule has 1 aliphatic heterocycles. The topological polar surface area (TPSA) is 72.8 Å². The van der Waals surface area contributed by atoms with Crippen LogP contribution in [0.5, 0.6) is 0 Å². The van der Waals surface area contributed by atoms with Gasteiger partial charge in [0.15, 0.2) is 0 Å². The smallest absolute Gasteiger partial charge is 0.383 e. The van der Waals surface area contributed by atoms with Crippen LogP contribution in [0, 0.1) is 0 Å². The molecule has 0 aliphatic carbocycles. The highest BCUT2D eigenvalue weighted by Crippen LogP contribution is 2.31. The molecule has 2 heterocycles. The zero-order valence-electron chi connectivity index (χ0n) is 17.7. The Kier molecular flexibility index (Phi) is 8.05. The van der Waals surface area contributed by atoms with E-state index in [1.807, 2.05) is 0 Å². The van der Waals surface area contributed by atoms with Crippen LogP contribution >= 0.6 is 0 Å². The highest BCUT2D eigenvalue weighted by Gasteiger charge is 2.31. The molecule has 1 aromatic carbocycles. The minimum Gasteiger partial charge on any atom is -0.383 e. The summed E-state index contributed by atoms with van der Waals surface area (Å²) in [6, 6.07) is 7.44. The first kappa shape index (κ1) is 24.0. The second-order valence-corrected chi connectivity index (χ2v) is 7.44. The Morgan fingerprint density at radius 3 is 2.47 bits per heavy atom. The molecular weight excluding hydrogens is 427 g/mol. The van der Waals surface area contributed by atoms with Gasteiger partial charge in [0, 0.05) is 45.6 Å². The molecule has 32 heavy (non-hydrogen) atoms. The molecule has 1 aromatic heterocycles. The SMILES string of the molecule is COCCn1cc(C(=O)NCC(c2ccc(C(F)(F)F)cc2)N2CCOCC2)ccc1=O. The molecule has 0 radical (unpaired) electrons. The van der Waals surface area contributed by atoms with Gasteiger partial charge in [-0.15, -0.1) is 0 Å². The highest BCUT2D eigenvalue weighted by molar-refractivity contribution is 5.93. The third-order valence-electron chi connectivity index (χ3n) is 5.35. The van der Waals surface area contributed by atoms with Crippen molar-refractivity contribution >= 4 is 5.91 Å². The van der Waals surface area contributed by atoms with E-state index in [4.69, 9.17) is 9.47 Å². The lowest BCUT2D eigenvalue weighted by Crippen LogP contribution is -2.44. The number of benzene rings is 1. The van der Waals surface area contributed by atoms with Crippen molar-refractivity contribution in [3.63, 3.8) is 0 Å². The fourth-order valence-electron chi connectivity index (χ4n) is 3.56. The van der Waals surface area contributed by atoms with Crippen LogP contribution in [0.2, 0.25) is 0 Å². The van der Waals surface area contributed by atoms with Gasteiger partial charge in [-0.1, -0.05) is 12.1 Å². The number of alkyl halides is 3. The lowest BCUT2D eigenvalue weighted by atomic mass is 10.0. The molecule has 0 saturated carbocycles. The summed E-state index contributed by atoms with van der Waals surface area (Å²) in [5, 5.41) is 2.85. The number of rotatable bonds is 8. The van der Waals surface area contributed by atoms with Gasteiger partial charge in [-0.25, -0.2) is 0 Å². The Morgan fingerprint density at radius 2 is 1.84 bits per heavy atom. The second-order valence-electron chi connectivity index (χ2n) is 7.44. The summed E-state index contributed by atoms with van der Waals surface area (Å²) in [5.74, 6) is -0.374. The van der Waals surface area contributed by atoms with E-state index in [0.717, 1.165) is 12.1 Å². The Balaban J connectivity index is 1.75. The van der Waals surface area contributed by atoms with Gasteiger partial charge in [0.25, 0.3) is 11.5 Å². The third-order valence-corrected chi connectivity index (χ3v) is 5.35. The van der Waals surface area contributed by atoms with Crippen LogP contribution < -0.4 is 10.9 Å². The summed E-state index contributed by atoms with van der Waals surface area (Å²) in [6.45, 7) is 3.07. The molecule has 0 spiro atoms. The second kappa shape index (κ2) is 10.8. The number of hydrogen-bond donors (Lipinski definition) is 1. The fourth-order valence-corrected chi connectivity index (χ4v) is 3.56. The van der Waals surface area contributed by atoms with Gasteiger partial charge in [0.05, 0.1) is 37.0 Å². The normalized spacial score (nSPS) is 16.0. The first-order valence-electron chi connectivity index (χ1n) is 10.3. The molecule has 3 rings (SSSR count). The van der Waals surface area contributed by atoms with Gasteiger partial charge in [0.1, 0.15) is 0 Å². The molecule has 1 saturated heterocycles. The van der Waals surface area contributed by atoms with Crippen LogP contribution in [0.15, 0.2) is 47.4 Å². The maximum atomic E-state index is 12.9. The molecule has 10 heteroatoms. The molecule has 174 valence electrons. The number of morpholine rings is 1. The van der Waals surface area contributed by atoms with Crippen molar-refractivity contribution in [2.24, 2.45) is 0 Å². The van der Waals surface area contributed by atoms with Crippen molar-refractivity contribution in [2.45, 2.75) is 18.8 Å². The van der Waals surface area contributed by atoms with Crippen molar-refractivity contribution in [1.29, 1.82) is 0 Å². The number of hydrogen-bond acceptors (Lipinski definition) is 5. The predicted molar refractivity (Wildman–Crippen MR) is 111 cm³/mol. The molecule has 0 bridgehead atoms. The van der Waals surface area contributed by atoms with Gasteiger partial charge in [0.2, 0.25) is 0 Å². The summed E-state index contributed by atoms with van der Waals surface area (Å²) in [7, 11) is 1.52. The van der Waals surface area contributed by atoms with E-state index < -0.39 is 11.7 Å². The summed E-state index contributed by atoms with van der Waals surface area (Å²) < 4.78 is 50.6. The van der Waals surface area contributed by atoms with Gasteiger partial charge < -0.3 is 19.4 Å². The summed E-state index contributed by atoms with van der Waals surface area (Å²) in [4.78, 5) is 26.7. The van der Waals surface area contributed by atoms with Crippen LogP contribution in [0.25, 0.3) is 0 Å².